The second kappa shape index (κ2) is 6.91. The Balaban J connectivity index is 1.79. The van der Waals surface area contributed by atoms with Gasteiger partial charge in [-0.2, -0.15) is 0 Å². The van der Waals surface area contributed by atoms with Crippen LogP contribution in [0.3, 0.4) is 0 Å². The molecule has 0 bridgehead atoms. The van der Waals surface area contributed by atoms with Gasteiger partial charge in [0.1, 0.15) is 0 Å². The molecule has 0 aromatic heterocycles. The van der Waals surface area contributed by atoms with Gasteiger partial charge in [0.2, 0.25) is 5.91 Å². The van der Waals surface area contributed by atoms with E-state index in [1.54, 1.807) is 36.0 Å². The quantitative estimate of drug-likeness (QED) is 0.717. The van der Waals surface area contributed by atoms with Crippen LogP contribution in [-0.2, 0) is 4.79 Å². The number of nitrogens with one attached hydrogen (secondary N) is 2. The maximum Gasteiger partial charge on any atom is 0.255 e. The van der Waals surface area contributed by atoms with Gasteiger partial charge in [-0.25, -0.2) is 0 Å². The highest BCUT2D eigenvalue weighted by Crippen LogP contribution is 2.38. The first-order chi connectivity index (χ1) is 11.4. The van der Waals surface area contributed by atoms with Gasteiger partial charge in [0.25, 0.3) is 5.91 Å². The maximum atomic E-state index is 12.4. The van der Waals surface area contributed by atoms with Crippen LogP contribution in [0.25, 0.3) is 0 Å². The van der Waals surface area contributed by atoms with Crippen LogP contribution in [-0.4, -0.2) is 17.1 Å². The van der Waals surface area contributed by atoms with E-state index in [2.05, 4.69) is 23.3 Å². The molecule has 2 N–H and O–H groups in total. The Morgan fingerprint density at radius 3 is 2.58 bits per heavy atom. The molecule has 2 aromatic carbocycles. The summed E-state index contributed by atoms with van der Waals surface area (Å²) in [6.45, 7) is 4.06. The number of fused-ring (bicyclic) bond motifs is 1. The lowest BCUT2D eigenvalue weighted by atomic mass is 10.1. The minimum atomic E-state index is -0.213. The molecule has 2 amide bonds. The fraction of sp³-hybridized carbons (Fsp3) is 0.222. The molecule has 1 aliphatic rings. The molecule has 1 unspecified atom stereocenters. The third-order valence-electron chi connectivity index (χ3n) is 3.74. The number of thioether (sulfide) groups is 1. The summed E-state index contributed by atoms with van der Waals surface area (Å²) in [5, 5.41) is 5.65. The van der Waals surface area contributed by atoms with Gasteiger partial charge < -0.3 is 10.6 Å². The molecule has 1 atom stereocenters. The topological polar surface area (TPSA) is 58.2 Å². The fourth-order valence-corrected chi connectivity index (χ4v) is 3.70. The molecule has 0 radical (unpaired) electrons. The molecule has 2 aromatic rings. The zero-order valence-electron chi connectivity index (χ0n) is 13.4. The van der Waals surface area contributed by atoms with Crippen molar-refractivity contribution in [2.75, 3.05) is 10.6 Å². The van der Waals surface area contributed by atoms with Crippen molar-refractivity contribution in [1.82, 2.24) is 0 Å². The molecule has 1 aliphatic heterocycles. The molecule has 3 rings (SSSR count). The van der Waals surface area contributed by atoms with Crippen molar-refractivity contribution in [1.29, 1.82) is 0 Å². The molecule has 0 aliphatic carbocycles. The summed E-state index contributed by atoms with van der Waals surface area (Å²) < 4.78 is 0. The predicted molar refractivity (Wildman–Crippen MR) is 101 cm³/mol. The predicted octanol–water partition coefficient (Wildman–Crippen LogP) is 4.30. The minimum absolute atomic E-state index is 0.00979. The highest BCUT2D eigenvalue weighted by atomic mass is 32.2. The Bertz CT molecular complexity index is 788. The lowest BCUT2D eigenvalue weighted by Gasteiger charge is -2.26. The first-order valence-electron chi connectivity index (χ1n) is 7.66. The molecule has 0 fully saturated rings. The summed E-state index contributed by atoms with van der Waals surface area (Å²) in [6, 6.07) is 12.6. The number of hydrogen-bond acceptors (Lipinski definition) is 4. The van der Waals surface area contributed by atoms with E-state index in [9.17, 15) is 9.59 Å². The van der Waals surface area contributed by atoms with Crippen LogP contribution in [0.4, 0.5) is 11.4 Å². The summed E-state index contributed by atoms with van der Waals surface area (Å²) in [4.78, 5) is 26.4. The van der Waals surface area contributed by atoms with E-state index in [0.29, 0.717) is 16.9 Å². The van der Waals surface area contributed by atoms with Gasteiger partial charge in [-0.15, -0.1) is 24.4 Å². The lowest BCUT2D eigenvalue weighted by molar-refractivity contribution is -0.116. The van der Waals surface area contributed by atoms with Gasteiger partial charge in [0.15, 0.2) is 0 Å². The lowest BCUT2D eigenvalue weighted by Crippen LogP contribution is -2.32. The highest BCUT2D eigenvalue weighted by molar-refractivity contribution is 8.01. The second-order valence-electron chi connectivity index (χ2n) is 5.98. The number of hydrogen-bond donors (Lipinski definition) is 3. The summed E-state index contributed by atoms with van der Waals surface area (Å²) in [5.74, 6) is 0.0281. The molecule has 4 nitrogen and oxygen atoms in total. The Morgan fingerprint density at radius 2 is 1.92 bits per heavy atom. The van der Waals surface area contributed by atoms with Crippen LogP contribution in [0.2, 0.25) is 0 Å². The Labute approximate surface area is 150 Å². The number of carbonyl (C=O) groups excluding carboxylic acids is 2. The zero-order valence-corrected chi connectivity index (χ0v) is 15.1. The first-order valence-corrected chi connectivity index (χ1v) is 8.98. The number of anilines is 2. The Morgan fingerprint density at radius 1 is 1.21 bits per heavy atom. The molecule has 6 heteroatoms. The molecular formula is C18H18N2O2S2. The molecule has 0 spiro atoms. The van der Waals surface area contributed by atoms with Crippen molar-refractivity contribution in [2.24, 2.45) is 5.92 Å². The van der Waals surface area contributed by atoms with Gasteiger partial charge in [-0.1, -0.05) is 13.8 Å². The molecular weight excluding hydrogens is 340 g/mol. The second-order valence-corrected chi connectivity index (χ2v) is 7.68. The van der Waals surface area contributed by atoms with Gasteiger partial charge in [0, 0.05) is 21.0 Å². The molecule has 1 heterocycles. The van der Waals surface area contributed by atoms with Crippen LogP contribution in [0.1, 0.15) is 24.2 Å². The average molecular weight is 358 g/mol. The normalized spacial score (nSPS) is 16.5. The van der Waals surface area contributed by atoms with Gasteiger partial charge in [0.05, 0.1) is 10.9 Å². The van der Waals surface area contributed by atoms with Crippen molar-refractivity contribution in [3.63, 3.8) is 0 Å². The first kappa shape index (κ1) is 16.9. The highest BCUT2D eigenvalue weighted by Gasteiger charge is 2.29. The fourth-order valence-electron chi connectivity index (χ4n) is 2.45. The van der Waals surface area contributed by atoms with Crippen LogP contribution < -0.4 is 10.6 Å². The summed E-state index contributed by atoms with van der Waals surface area (Å²) in [5.41, 5.74) is 1.90. The van der Waals surface area contributed by atoms with Gasteiger partial charge in [-0.05, 0) is 48.4 Å². The monoisotopic (exact) mass is 358 g/mol. The summed E-state index contributed by atoms with van der Waals surface area (Å²) in [7, 11) is 0. The minimum Gasteiger partial charge on any atom is -0.324 e. The maximum absolute atomic E-state index is 12.4. The van der Waals surface area contributed by atoms with E-state index in [-0.39, 0.29) is 23.0 Å². The molecule has 0 saturated heterocycles. The SMILES string of the molecule is CC(C)C1Sc2ccc(C(=O)Nc3ccc(S)cc3)cc2NC1=O. The standard InChI is InChI=1S/C18H18N2O2S2/c1-10(2)16-18(22)20-14-9-11(3-8-15(14)24-16)17(21)19-12-4-6-13(23)7-5-12/h3-10,16,23H,1-2H3,(H,19,21)(H,20,22). The van der Waals surface area contributed by atoms with Crippen LogP contribution in [0, 0.1) is 5.92 Å². The molecule has 124 valence electrons. The van der Waals surface area contributed by atoms with Crippen LogP contribution >= 0.6 is 24.4 Å². The van der Waals surface area contributed by atoms with E-state index in [0.717, 1.165) is 9.79 Å². The Kier molecular flexibility index (Phi) is 4.87. The number of carbonyl (C=O) groups is 2. The average Bonchev–Trinajstić information content (AvgIpc) is 2.55. The van der Waals surface area contributed by atoms with E-state index in [4.69, 9.17) is 0 Å². The number of rotatable bonds is 3. The number of thiol groups is 1. The third-order valence-corrected chi connectivity index (χ3v) is 5.66. The zero-order chi connectivity index (χ0) is 17.3. The van der Waals surface area contributed by atoms with Crippen molar-refractivity contribution >= 4 is 47.6 Å². The van der Waals surface area contributed by atoms with Crippen molar-refractivity contribution in [3.05, 3.63) is 48.0 Å². The number of benzene rings is 2. The van der Waals surface area contributed by atoms with Crippen LogP contribution in [0.5, 0.6) is 0 Å². The summed E-state index contributed by atoms with van der Waals surface area (Å²) >= 11 is 5.77. The van der Waals surface area contributed by atoms with E-state index < -0.39 is 0 Å². The van der Waals surface area contributed by atoms with E-state index >= 15 is 0 Å². The van der Waals surface area contributed by atoms with Gasteiger partial charge in [-0.3, -0.25) is 9.59 Å². The molecule has 0 saturated carbocycles. The van der Waals surface area contributed by atoms with Crippen molar-refractivity contribution < 1.29 is 9.59 Å². The van der Waals surface area contributed by atoms with Crippen molar-refractivity contribution in [2.45, 2.75) is 28.9 Å². The van der Waals surface area contributed by atoms with E-state index in [1.807, 2.05) is 32.0 Å². The number of amides is 2. The van der Waals surface area contributed by atoms with Gasteiger partial charge >= 0.3 is 0 Å². The van der Waals surface area contributed by atoms with Crippen molar-refractivity contribution in [3.8, 4) is 0 Å². The smallest absolute Gasteiger partial charge is 0.255 e. The van der Waals surface area contributed by atoms with E-state index in [1.165, 1.54) is 0 Å². The summed E-state index contributed by atoms with van der Waals surface area (Å²) in [6.07, 6.45) is 0. The third kappa shape index (κ3) is 3.60. The Hall–Kier alpha value is -1.92. The van der Waals surface area contributed by atoms with Crippen LogP contribution in [0.15, 0.2) is 52.3 Å². The molecule has 24 heavy (non-hydrogen) atoms. The largest absolute Gasteiger partial charge is 0.324 e.